The lowest BCUT2D eigenvalue weighted by atomic mass is 10.1. The number of hydrogen-bond donors (Lipinski definition) is 3. The van der Waals surface area contributed by atoms with Crippen LogP contribution in [-0.4, -0.2) is 26.8 Å². The third kappa shape index (κ3) is 5.04. The number of rotatable bonds is 5. The summed E-state index contributed by atoms with van der Waals surface area (Å²) in [4.78, 5) is 26.8. The van der Waals surface area contributed by atoms with E-state index >= 15 is 0 Å². The van der Waals surface area contributed by atoms with Crippen molar-refractivity contribution < 1.29 is 18.0 Å². The molecule has 0 spiro atoms. The zero-order valence-electron chi connectivity index (χ0n) is 16.5. The van der Waals surface area contributed by atoms with E-state index < -0.39 is 15.9 Å². The van der Waals surface area contributed by atoms with Crippen molar-refractivity contribution in [2.45, 2.75) is 50.8 Å². The Morgan fingerprint density at radius 1 is 1.03 bits per heavy atom. The van der Waals surface area contributed by atoms with Gasteiger partial charge in [0, 0.05) is 17.0 Å². The Labute approximate surface area is 174 Å². The van der Waals surface area contributed by atoms with Gasteiger partial charge in [-0.2, -0.15) is 0 Å². The summed E-state index contributed by atoms with van der Waals surface area (Å²) in [6.45, 7) is 3.63. The first-order chi connectivity index (χ1) is 13.8. The first kappa shape index (κ1) is 21.5. The molecule has 0 bridgehead atoms. The minimum absolute atomic E-state index is 0.00317. The van der Waals surface area contributed by atoms with E-state index in [9.17, 15) is 18.0 Å². The van der Waals surface area contributed by atoms with E-state index in [0.717, 1.165) is 25.7 Å². The van der Waals surface area contributed by atoms with Gasteiger partial charge in [-0.25, -0.2) is 13.1 Å². The van der Waals surface area contributed by atoms with Crippen molar-refractivity contribution in [3.05, 3.63) is 50.7 Å². The molecule has 1 aliphatic rings. The molecular formula is C20H25N3O4S2. The number of hydrogen-bond acceptors (Lipinski definition) is 5. The van der Waals surface area contributed by atoms with Gasteiger partial charge in [-0.15, -0.1) is 11.3 Å². The van der Waals surface area contributed by atoms with E-state index in [4.69, 9.17) is 0 Å². The van der Waals surface area contributed by atoms with Gasteiger partial charge < -0.3 is 0 Å². The summed E-state index contributed by atoms with van der Waals surface area (Å²) in [5.41, 5.74) is 6.85. The number of carbonyl (C=O) groups excluding carboxylic acids is 2. The van der Waals surface area contributed by atoms with Crippen molar-refractivity contribution in [2.24, 2.45) is 0 Å². The number of fused-ring (bicyclic) bond motifs is 1. The molecule has 0 unspecified atom stereocenters. The maximum atomic E-state index is 12.5. The zero-order chi connectivity index (χ0) is 21.0. The lowest BCUT2D eigenvalue weighted by Crippen LogP contribution is -2.41. The number of carbonyl (C=O) groups is 2. The van der Waals surface area contributed by atoms with Crippen LogP contribution in [0, 0.1) is 6.92 Å². The zero-order valence-corrected chi connectivity index (χ0v) is 18.1. The molecule has 2 aromatic rings. The van der Waals surface area contributed by atoms with Crippen LogP contribution in [0.3, 0.4) is 0 Å². The molecule has 1 aromatic heterocycles. The van der Waals surface area contributed by atoms with E-state index in [1.807, 2.05) is 6.07 Å². The molecule has 3 N–H and O–H groups in total. The normalized spacial score (nSPS) is 14.0. The topological polar surface area (TPSA) is 104 Å². The lowest BCUT2D eigenvalue weighted by molar-refractivity contribution is 0.0848. The molecule has 2 amide bonds. The highest BCUT2D eigenvalue weighted by molar-refractivity contribution is 7.89. The van der Waals surface area contributed by atoms with Crippen LogP contribution in [0.25, 0.3) is 0 Å². The monoisotopic (exact) mass is 435 g/mol. The first-order valence-electron chi connectivity index (χ1n) is 9.64. The van der Waals surface area contributed by atoms with Gasteiger partial charge in [0.15, 0.2) is 0 Å². The smallest absolute Gasteiger partial charge is 0.267 e. The van der Waals surface area contributed by atoms with Gasteiger partial charge in [-0.05, 0) is 61.9 Å². The van der Waals surface area contributed by atoms with Gasteiger partial charge in [0.1, 0.15) is 0 Å². The van der Waals surface area contributed by atoms with E-state index in [1.54, 1.807) is 19.9 Å². The number of nitrogens with one attached hydrogen (secondary N) is 3. The van der Waals surface area contributed by atoms with Crippen molar-refractivity contribution in [1.82, 2.24) is 15.6 Å². The third-order valence-corrected chi connectivity index (χ3v) is 7.64. The predicted octanol–water partition coefficient (Wildman–Crippen LogP) is 2.70. The molecule has 0 saturated heterocycles. The minimum atomic E-state index is -3.68. The van der Waals surface area contributed by atoms with Crippen molar-refractivity contribution >= 4 is 33.2 Å². The molecule has 29 heavy (non-hydrogen) atoms. The van der Waals surface area contributed by atoms with Crippen molar-refractivity contribution in [3.63, 3.8) is 0 Å². The first-order valence-corrected chi connectivity index (χ1v) is 11.9. The van der Waals surface area contributed by atoms with Gasteiger partial charge in [0.05, 0.1) is 9.77 Å². The molecular weight excluding hydrogens is 410 g/mol. The van der Waals surface area contributed by atoms with Gasteiger partial charge in [-0.1, -0.05) is 19.4 Å². The molecule has 9 heteroatoms. The lowest BCUT2D eigenvalue weighted by Gasteiger charge is -2.11. The van der Waals surface area contributed by atoms with Gasteiger partial charge in [0.2, 0.25) is 10.0 Å². The quantitative estimate of drug-likeness (QED) is 0.496. The number of amides is 2. The van der Waals surface area contributed by atoms with E-state index in [1.165, 1.54) is 40.3 Å². The molecule has 0 saturated carbocycles. The van der Waals surface area contributed by atoms with E-state index in [-0.39, 0.29) is 22.9 Å². The summed E-state index contributed by atoms with van der Waals surface area (Å²) < 4.78 is 26.8. The molecule has 0 aliphatic heterocycles. The molecule has 1 aliphatic carbocycles. The number of sulfonamides is 1. The van der Waals surface area contributed by atoms with Crippen LogP contribution in [0.1, 0.15) is 62.2 Å². The fraction of sp³-hybridized carbons (Fsp3) is 0.400. The largest absolute Gasteiger partial charge is 0.279 e. The van der Waals surface area contributed by atoms with Crippen LogP contribution in [0.2, 0.25) is 0 Å². The molecule has 7 nitrogen and oxygen atoms in total. The molecule has 0 radical (unpaired) electrons. The average molecular weight is 436 g/mol. The van der Waals surface area contributed by atoms with Crippen molar-refractivity contribution in [2.75, 3.05) is 6.54 Å². The summed E-state index contributed by atoms with van der Waals surface area (Å²) in [6.07, 6.45) is 5.45. The van der Waals surface area contributed by atoms with Gasteiger partial charge in [-0.3, -0.25) is 20.4 Å². The SMILES string of the molecule is CCNS(=O)(=O)c1ccc(C)c(C(=O)NNC(=O)c2cc3c(s2)CCCCC3)c1. The predicted molar refractivity (Wildman–Crippen MR) is 113 cm³/mol. The molecule has 3 rings (SSSR count). The fourth-order valence-corrected chi connectivity index (χ4v) is 5.52. The molecule has 1 heterocycles. The van der Waals surface area contributed by atoms with Crippen molar-refractivity contribution in [3.8, 4) is 0 Å². The second-order valence-corrected chi connectivity index (χ2v) is 9.91. The van der Waals surface area contributed by atoms with Crippen molar-refractivity contribution in [1.29, 1.82) is 0 Å². The van der Waals surface area contributed by atoms with Crippen LogP contribution >= 0.6 is 11.3 Å². The third-order valence-electron chi connectivity index (χ3n) is 4.86. The Morgan fingerprint density at radius 2 is 1.76 bits per heavy atom. The summed E-state index contributed by atoms with van der Waals surface area (Å²) >= 11 is 1.47. The molecule has 0 atom stereocenters. The van der Waals surface area contributed by atoms with Crippen LogP contribution < -0.4 is 15.6 Å². The number of aryl methyl sites for hydroxylation is 3. The Kier molecular flexibility index (Phi) is 6.71. The summed E-state index contributed by atoms with van der Waals surface area (Å²) in [7, 11) is -3.68. The van der Waals surface area contributed by atoms with E-state index in [0.29, 0.717) is 10.4 Å². The standard InChI is InChI=1S/C20H25N3O4S2/c1-3-21-29(26,27)15-10-9-13(2)16(12-15)19(24)22-23-20(25)18-11-14-7-5-4-6-8-17(14)28-18/h9-12,21H,3-8H2,1-2H3,(H,22,24)(H,23,25). The van der Waals surface area contributed by atoms with E-state index in [2.05, 4.69) is 15.6 Å². The average Bonchev–Trinajstić information content (AvgIpc) is 2.96. The van der Waals surface area contributed by atoms with Crippen LogP contribution in [0.5, 0.6) is 0 Å². The Morgan fingerprint density at radius 3 is 2.52 bits per heavy atom. The highest BCUT2D eigenvalue weighted by Crippen LogP contribution is 2.28. The Hall–Kier alpha value is -2.23. The second-order valence-electron chi connectivity index (χ2n) is 7.01. The van der Waals surface area contributed by atoms with Gasteiger partial charge >= 0.3 is 0 Å². The minimum Gasteiger partial charge on any atom is -0.267 e. The Balaban J connectivity index is 1.70. The van der Waals surface area contributed by atoms with Crippen LogP contribution in [-0.2, 0) is 22.9 Å². The Bertz CT molecular complexity index is 1000. The number of hydrazine groups is 1. The van der Waals surface area contributed by atoms with Gasteiger partial charge in [0.25, 0.3) is 11.8 Å². The molecule has 0 fully saturated rings. The number of thiophene rings is 1. The number of benzene rings is 1. The maximum Gasteiger partial charge on any atom is 0.279 e. The second kappa shape index (κ2) is 9.06. The summed E-state index contributed by atoms with van der Waals surface area (Å²) in [6, 6.07) is 6.22. The van der Waals surface area contributed by atoms with Crippen LogP contribution in [0.4, 0.5) is 0 Å². The molecule has 1 aromatic carbocycles. The fourth-order valence-electron chi connectivity index (χ4n) is 3.31. The summed E-state index contributed by atoms with van der Waals surface area (Å²) in [5.74, 6) is -0.937. The molecule has 156 valence electrons. The highest BCUT2D eigenvalue weighted by atomic mass is 32.2. The van der Waals surface area contributed by atoms with Crippen LogP contribution in [0.15, 0.2) is 29.2 Å². The maximum absolute atomic E-state index is 12.5. The summed E-state index contributed by atoms with van der Waals surface area (Å²) in [5, 5.41) is 0. The highest BCUT2D eigenvalue weighted by Gasteiger charge is 2.19.